The van der Waals surface area contributed by atoms with Gasteiger partial charge < -0.3 is 53.2 Å². The van der Waals surface area contributed by atoms with Crippen LogP contribution in [0.15, 0.2) is 11.5 Å². The summed E-state index contributed by atoms with van der Waals surface area (Å²) < 4.78 is 145. The van der Waals surface area contributed by atoms with Crippen molar-refractivity contribution in [3.8, 4) is 0 Å². The number of hydrogen-bond donors (Lipinski definition) is 1. The van der Waals surface area contributed by atoms with Crippen molar-refractivity contribution in [3.05, 3.63) is 11.5 Å². The summed E-state index contributed by atoms with van der Waals surface area (Å²) in [6, 6.07) is 0. The summed E-state index contributed by atoms with van der Waals surface area (Å²) in [5.74, 6) is 0. The summed E-state index contributed by atoms with van der Waals surface area (Å²) in [5.41, 5.74) is 0. The summed E-state index contributed by atoms with van der Waals surface area (Å²) in [6.45, 7) is 4.21. The molecule has 23 heavy (non-hydrogen) atoms. The molecular formula is C3H7B3F12LiO3S-3. The zero-order valence-corrected chi connectivity index (χ0v) is 12.0. The van der Waals surface area contributed by atoms with Crippen LogP contribution in [0.2, 0.25) is 0 Å². The molecule has 0 amide bonds. The largest absolute Gasteiger partial charge is 1.00 e. The molecule has 0 bridgehead atoms. The Morgan fingerprint density at radius 2 is 0.826 bits per heavy atom. The normalized spacial score (nSPS) is 11.2. The smallest absolute Gasteiger partial charge is 1.00 e. The van der Waals surface area contributed by atoms with E-state index in [0.29, 0.717) is 0 Å². The third-order valence-electron chi connectivity index (χ3n) is 0.440. The second kappa shape index (κ2) is 13.0. The Balaban J connectivity index is -0.0000000443. The van der Waals surface area contributed by atoms with Crippen LogP contribution >= 0.6 is 0 Å². The third kappa shape index (κ3) is 264. The fourth-order valence-corrected chi connectivity index (χ4v) is 0. The van der Waals surface area contributed by atoms with Crippen LogP contribution in [0.25, 0.3) is 0 Å². The first-order valence-corrected chi connectivity index (χ1v) is 5.63. The van der Waals surface area contributed by atoms with Crippen LogP contribution in [0.4, 0.5) is 51.8 Å². The predicted octanol–water partition coefficient (Wildman–Crippen LogP) is 1.42. The van der Waals surface area contributed by atoms with Crippen LogP contribution in [0, 0.1) is 0 Å². The summed E-state index contributed by atoms with van der Waals surface area (Å²) >= 11 is 0. The van der Waals surface area contributed by atoms with E-state index in [1.54, 1.807) is 0 Å². The monoisotopic (exact) mass is 391 g/mol. The van der Waals surface area contributed by atoms with Gasteiger partial charge in [-0.3, -0.25) is 4.55 Å². The van der Waals surface area contributed by atoms with Gasteiger partial charge in [0, 0.05) is 0 Å². The molecule has 0 saturated carbocycles. The van der Waals surface area contributed by atoms with Crippen molar-refractivity contribution in [1.29, 1.82) is 0 Å². The summed E-state index contributed by atoms with van der Waals surface area (Å²) in [4.78, 5) is -0.229. The molecular weight excluding hydrogens is 383 g/mol. The standard InChI is InChI=1S/C3H6O3S.3BF4.Li.H/c1-3(2)7(4,5)6;3*2-1(3,4)5;;/h1H2,2H3,(H,4,5,6);;;;;/q;3*-1;+1;-1. The van der Waals surface area contributed by atoms with Gasteiger partial charge in [-0.05, 0) is 6.92 Å². The SMILES string of the molecule is C=C(C)S(=O)(=O)O.F[B-](F)(F)F.F[B-](F)(F)F.F[B-](F)(F)F.[H-].[Li+]. The van der Waals surface area contributed by atoms with Gasteiger partial charge >= 0.3 is 40.6 Å². The molecule has 0 aromatic heterocycles. The minimum atomic E-state index is -6.00. The average Bonchev–Trinajstić information content (AvgIpc) is 1.89. The van der Waals surface area contributed by atoms with Crippen LogP contribution in [0.1, 0.15) is 8.35 Å². The quantitative estimate of drug-likeness (QED) is 0.419. The first-order chi connectivity index (χ1) is 8.94. The third-order valence-corrected chi connectivity index (χ3v) is 1.32. The minimum absolute atomic E-state index is 0. The van der Waals surface area contributed by atoms with E-state index in [1.165, 1.54) is 6.92 Å². The molecule has 1 N–H and O–H groups in total. The molecule has 0 aliphatic carbocycles. The van der Waals surface area contributed by atoms with Gasteiger partial charge in [-0.1, -0.05) is 6.58 Å². The Morgan fingerprint density at radius 3 is 0.826 bits per heavy atom. The Morgan fingerprint density at radius 1 is 0.783 bits per heavy atom. The molecule has 20 heteroatoms. The van der Waals surface area contributed by atoms with E-state index in [4.69, 9.17) is 4.55 Å². The molecule has 0 aliphatic rings. The van der Waals surface area contributed by atoms with E-state index >= 15 is 0 Å². The van der Waals surface area contributed by atoms with Gasteiger partial charge in [0.1, 0.15) is 0 Å². The van der Waals surface area contributed by atoms with Crippen molar-refractivity contribution in [2.24, 2.45) is 0 Å². The van der Waals surface area contributed by atoms with Crippen LogP contribution in [-0.2, 0) is 10.1 Å². The molecule has 0 aliphatic heterocycles. The fraction of sp³-hybridized carbons (Fsp3) is 0.333. The Kier molecular flexibility index (Phi) is 19.2. The predicted molar refractivity (Wildman–Crippen MR) is 58.0 cm³/mol. The molecule has 140 valence electrons. The molecule has 0 rings (SSSR count). The van der Waals surface area contributed by atoms with Gasteiger partial charge in [0.2, 0.25) is 0 Å². The van der Waals surface area contributed by atoms with Gasteiger partial charge in [0.25, 0.3) is 10.1 Å². The fourth-order valence-electron chi connectivity index (χ4n) is 0. The molecule has 0 saturated heterocycles. The van der Waals surface area contributed by atoms with Gasteiger partial charge in [-0.2, -0.15) is 8.42 Å². The van der Waals surface area contributed by atoms with Crippen LogP contribution < -0.4 is 18.9 Å². The molecule has 0 fully saturated rings. The van der Waals surface area contributed by atoms with Crippen molar-refractivity contribution in [2.45, 2.75) is 6.92 Å². The Bertz CT molecular complexity index is 360. The molecule has 0 radical (unpaired) electrons. The van der Waals surface area contributed by atoms with Crippen LogP contribution in [0.5, 0.6) is 0 Å². The number of halogens is 12. The number of rotatable bonds is 1. The molecule has 0 unspecified atom stereocenters. The van der Waals surface area contributed by atoms with E-state index in [9.17, 15) is 60.2 Å². The summed E-state index contributed by atoms with van der Waals surface area (Å²) in [5, 5.41) is 0. The van der Waals surface area contributed by atoms with Gasteiger partial charge in [0.15, 0.2) is 0 Å². The van der Waals surface area contributed by atoms with E-state index in [1.807, 2.05) is 0 Å². The molecule has 3 nitrogen and oxygen atoms in total. The molecule has 0 aromatic rings. The first kappa shape index (κ1) is 34.0. The summed E-state index contributed by atoms with van der Waals surface area (Å²) in [7, 11) is -21.9. The number of hydrogen-bond acceptors (Lipinski definition) is 2. The maximum absolute atomic E-state index is 9.79. The van der Waals surface area contributed by atoms with Crippen molar-refractivity contribution in [1.82, 2.24) is 0 Å². The van der Waals surface area contributed by atoms with E-state index < -0.39 is 31.9 Å². The summed E-state index contributed by atoms with van der Waals surface area (Å²) in [6.07, 6.45) is 0. The zero-order chi connectivity index (χ0) is 19.6. The first-order valence-electron chi connectivity index (χ1n) is 4.19. The second-order valence-corrected chi connectivity index (χ2v) is 4.31. The van der Waals surface area contributed by atoms with Crippen molar-refractivity contribution < 1.29 is 85.0 Å². The molecule has 0 aromatic carbocycles. The van der Waals surface area contributed by atoms with Gasteiger partial charge in [0.05, 0.1) is 4.91 Å². The minimum Gasteiger partial charge on any atom is -1.00 e. The maximum Gasteiger partial charge on any atom is 1.00 e. The topological polar surface area (TPSA) is 54.4 Å². The van der Waals surface area contributed by atoms with E-state index in [2.05, 4.69) is 6.58 Å². The van der Waals surface area contributed by atoms with Crippen molar-refractivity contribution in [2.75, 3.05) is 0 Å². The molecule has 0 heterocycles. The van der Waals surface area contributed by atoms with Gasteiger partial charge in [-0.25, -0.2) is 0 Å². The number of allylic oxidation sites excluding steroid dienone is 1. The van der Waals surface area contributed by atoms with Gasteiger partial charge in [-0.15, -0.1) is 0 Å². The zero-order valence-electron chi connectivity index (χ0n) is 12.1. The van der Waals surface area contributed by atoms with E-state index in [-0.39, 0.29) is 25.2 Å². The molecule has 0 atom stereocenters. The Hall–Kier alpha value is -0.398. The maximum atomic E-state index is 9.79. The Labute approximate surface area is 136 Å². The second-order valence-electron chi connectivity index (χ2n) is 2.66. The van der Waals surface area contributed by atoms with Crippen molar-refractivity contribution >= 4 is 31.9 Å². The van der Waals surface area contributed by atoms with Crippen molar-refractivity contribution in [3.63, 3.8) is 0 Å². The van der Waals surface area contributed by atoms with E-state index in [0.717, 1.165) is 0 Å². The average molecular weight is 391 g/mol. The molecule has 0 spiro atoms. The van der Waals surface area contributed by atoms with Crippen LogP contribution in [-0.4, -0.2) is 34.7 Å². The van der Waals surface area contributed by atoms with Crippen LogP contribution in [0.3, 0.4) is 0 Å².